The van der Waals surface area contributed by atoms with Crippen LogP contribution in [0.1, 0.15) is 28.8 Å². The van der Waals surface area contributed by atoms with Crippen LogP contribution >= 0.6 is 0 Å². The maximum atomic E-state index is 11.9. The summed E-state index contributed by atoms with van der Waals surface area (Å²) >= 11 is 0. The van der Waals surface area contributed by atoms with Gasteiger partial charge in [0.2, 0.25) is 0 Å². The van der Waals surface area contributed by atoms with Crippen molar-refractivity contribution in [3.8, 4) is 0 Å². The average Bonchev–Trinajstić information content (AvgIpc) is 3.09. The Morgan fingerprint density at radius 1 is 1.44 bits per heavy atom. The van der Waals surface area contributed by atoms with Gasteiger partial charge in [0.25, 0.3) is 5.91 Å². The highest BCUT2D eigenvalue weighted by Crippen LogP contribution is 2.27. The summed E-state index contributed by atoms with van der Waals surface area (Å²) in [5, 5.41) is 6.04. The summed E-state index contributed by atoms with van der Waals surface area (Å²) in [6.07, 6.45) is 2.52. The van der Waals surface area contributed by atoms with E-state index in [1.165, 1.54) is 12.8 Å². The first-order valence-corrected chi connectivity index (χ1v) is 5.77. The minimum absolute atomic E-state index is 0.0482. The van der Waals surface area contributed by atoms with E-state index in [-0.39, 0.29) is 5.91 Å². The first-order chi connectivity index (χ1) is 7.70. The van der Waals surface area contributed by atoms with Gasteiger partial charge in [-0.15, -0.1) is 0 Å². The molecule has 0 bridgehead atoms. The van der Waals surface area contributed by atoms with E-state index in [4.69, 9.17) is 0 Å². The molecule has 86 valence electrons. The number of carbonyl (C=O) groups excluding carboxylic acids is 1. The van der Waals surface area contributed by atoms with E-state index >= 15 is 0 Å². The van der Waals surface area contributed by atoms with E-state index in [2.05, 4.69) is 10.6 Å². The topological polar surface area (TPSA) is 41.1 Å². The third-order valence-electron chi connectivity index (χ3n) is 3.01. The molecular weight excluding hydrogens is 200 g/mol. The molecule has 2 rings (SSSR count). The molecule has 0 radical (unpaired) electrons. The zero-order chi connectivity index (χ0) is 11.5. The first-order valence-electron chi connectivity index (χ1n) is 5.77. The second kappa shape index (κ2) is 4.56. The second-order valence-electron chi connectivity index (χ2n) is 4.43. The van der Waals surface area contributed by atoms with Crippen molar-refractivity contribution in [3.05, 3.63) is 29.3 Å². The van der Waals surface area contributed by atoms with Crippen molar-refractivity contribution in [2.75, 3.05) is 18.9 Å². The zero-order valence-electron chi connectivity index (χ0n) is 9.84. The third-order valence-corrected chi connectivity index (χ3v) is 3.01. The van der Waals surface area contributed by atoms with Crippen molar-refractivity contribution in [2.45, 2.75) is 19.8 Å². The highest BCUT2D eigenvalue weighted by Gasteiger charge is 2.22. The summed E-state index contributed by atoms with van der Waals surface area (Å²) in [6.45, 7) is 2.79. The van der Waals surface area contributed by atoms with Crippen molar-refractivity contribution in [1.82, 2.24) is 5.32 Å². The number of rotatable bonds is 4. The maximum Gasteiger partial charge on any atom is 0.251 e. The zero-order valence-corrected chi connectivity index (χ0v) is 9.84. The predicted molar refractivity (Wildman–Crippen MR) is 65.8 cm³/mol. The number of anilines is 1. The standard InChI is InChI=1S/C13H18N2O/c1-9-7-11(14-2)5-6-12(9)13(16)15-8-10-3-4-10/h5-7,10,14H,3-4,8H2,1-2H3,(H,15,16). The molecule has 1 saturated carbocycles. The van der Waals surface area contributed by atoms with Crippen molar-refractivity contribution in [1.29, 1.82) is 0 Å². The van der Waals surface area contributed by atoms with Crippen molar-refractivity contribution in [2.24, 2.45) is 5.92 Å². The van der Waals surface area contributed by atoms with Crippen LogP contribution in [0.5, 0.6) is 0 Å². The fraction of sp³-hybridized carbons (Fsp3) is 0.462. The molecule has 1 amide bonds. The molecule has 2 N–H and O–H groups in total. The van der Waals surface area contributed by atoms with Gasteiger partial charge in [-0.3, -0.25) is 4.79 Å². The fourth-order valence-corrected chi connectivity index (χ4v) is 1.73. The van der Waals surface area contributed by atoms with E-state index in [9.17, 15) is 4.79 Å². The van der Waals surface area contributed by atoms with Gasteiger partial charge in [-0.2, -0.15) is 0 Å². The number of benzene rings is 1. The van der Waals surface area contributed by atoms with Gasteiger partial charge >= 0.3 is 0 Å². The molecule has 1 aromatic rings. The number of carbonyl (C=O) groups is 1. The van der Waals surface area contributed by atoms with E-state index in [0.29, 0.717) is 0 Å². The van der Waals surface area contributed by atoms with Crippen LogP contribution in [0.25, 0.3) is 0 Å². The van der Waals surface area contributed by atoms with Crippen LogP contribution in [0.2, 0.25) is 0 Å². The molecule has 1 aromatic carbocycles. The third kappa shape index (κ3) is 2.54. The molecule has 0 atom stereocenters. The maximum absolute atomic E-state index is 11.9. The molecule has 0 saturated heterocycles. The lowest BCUT2D eigenvalue weighted by atomic mass is 10.1. The molecule has 16 heavy (non-hydrogen) atoms. The normalized spacial score (nSPS) is 14.6. The van der Waals surface area contributed by atoms with Crippen LogP contribution in [0.3, 0.4) is 0 Å². The summed E-state index contributed by atoms with van der Waals surface area (Å²) in [7, 11) is 1.88. The number of hydrogen-bond donors (Lipinski definition) is 2. The van der Waals surface area contributed by atoms with Gasteiger partial charge in [-0.1, -0.05) is 0 Å². The summed E-state index contributed by atoms with van der Waals surface area (Å²) < 4.78 is 0. The number of amides is 1. The Kier molecular flexibility index (Phi) is 3.13. The first kappa shape index (κ1) is 11.0. The fourth-order valence-electron chi connectivity index (χ4n) is 1.73. The van der Waals surface area contributed by atoms with Gasteiger partial charge in [-0.25, -0.2) is 0 Å². The van der Waals surface area contributed by atoms with E-state index in [1.807, 2.05) is 32.2 Å². The molecule has 0 aromatic heterocycles. The van der Waals surface area contributed by atoms with Crippen LogP contribution in [-0.4, -0.2) is 19.5 Å². The second-order valence-corrected chi connectivity index (χ2v) is 4.43. The minimum atomic E-state index is 0.0482. The highest BCUT2D eigenvalue weighted by molar-refractivity contribution is 5.96. The average molecular weight is 218 g/mol. The van der Waals surface area contributed by atoms with Crippen LogP contribution in [0.4, 0.5) is 5.69 Å². The van der Waals surface area contributed by atoms with Crippen LogP contribution in [0.15, 0.2) is 18.2 Å². The largest absolute Gasteiger partial charge is 0.388 e. The Labute approximate surface area is 96.2 Å². The number of hydrogen-bond acceptors (Lipinski definition) is 2. The Hall–Kier alpha value is -1.51. The van der Waals surface area contributed by atoms with Crippen molar-refractivity contribution in [3.63, 3.8) is 0 Å². The molecule has 1 aliphatic rings. The summed E-state index contributed by atoms with van der Waals surface area (Å²) in [6, 6.07) is 5.80. The smallest absolute Gasteiger partial charge is 0.251 e. The lowest BCUT2D eigenvalue weighted by Gasteiger charge is -2.08. The van der Waals surface area contributed by atoms with Crippen molar-refractivity contribution < 1.29 is 4.79 Å². The highest BCUT2D eigenvalue weighted by atomic mass is 16.1. The van der Waals surface area contributed by atoms with Crippen LogP contribution in [-0.2, 0) is 0 Å². The number of aryl methyl sites for hydroxylation is 1. The predicted octanol–water partition coefficient (Wildman–Crippen LogP) is 2.18. The van der Waals surface area contributed by atoms with Crippen molar-refractivity contribution >= 4 is 11.6 Å². The molecule has 0 spiro atoms. The molecule has 1 aliphatic carbocycles. The molecule has 3 heteroatoms. The van der Waals surface area contributed by atoms with Gasteiger partial charge in [-0.05, 0) is 49.4 Å². The van der Waals surface area contributed by atoms with Gasteiger partial charge < -0.3 is 10.6 Å². The van der Waals surface area contributed by atoms with Crippen LogP contribution in [0, 0.1) is 12.8 Å². The van der Waals surface area contributed by atoms with Gasteiger partial charge in [0.05, 0.1) is 0 Å². The quantitative estimate of drug-likeness (QED) is 0.813. The molecule has 0 heterocycles. The molecule has 0 unspecified atom stereocenters. The van der Waals surface area contributed by atoms with Crippen LogP contribution < -0.4 is 10.6 Å². The van der Waals surface area contributed by atoms with E-state index in [0.717, 1.165) is 29.3 Å². The summed E-state index contributed by atoms with van der Waals surface area (Å²) in [5.74, 6) is 0.771. The molecule has 0 aliphatic heterocycles. The lowest BCUT2D eigenvalue weighted by Crippen LogP contribution is -2.26. The summed E-state index contributed by atoms with van der Waals surface area (Å²) in [4.78, 5) is 11.9. The van der Waals surface area contributed by atoms with Gasteiger partial charge in [0.15, 0.2) is 0 Å². The Morgan fingerprint density at radius 3 is 2.75 bits per heavy atom. The van der Waals surface area contributed by atoms with E-state index in [1.54, 1.807) is 0 Å². The summed E-state index contributed by atoms with van der Waals surface area (Å²) in [5.41, 5.74) is 2.83. The van der Waals surface area contributed by atoms with Gasteiger partial charge in [0, 0.05) is 24.8 Å². The molecular formula is C13H18N2O. The Bertz CT molecular complexity index is 397. The Balaban J connectivity index is 2.03. The van der Waals surface area contributed by atoms with Gasteiger partial charge in [0.1, 0.15) is 0 Å². The number of nitrogens with one attached hydrogen (secondary N) is 2. The Morgan fingerprint density at radius 2 is 2.19 bits per heavy atom. The molecule has 1 fully saturated rings. The monoisotopic (exact) mass is 218 g/mol. The minimum Gasteiger partial charge on any atom is -0.388 e. The lowest BCUT2D eigenvalue weighted by molar-refractivity contribution is 0.0951. The van der Waals surface area contributed by atoms with E-state index < -0.39 is 0 Å². The SMILES string of the molecule is CNc1ccc(C(=O)NCC2CC2)c(C)c1. The molecule has 3 nitrogen and oxygen atoms in total.